The Hall–Kier alpha value is -4.14. The van der Waals surface area contributed by atoms with E-state index in [9.17, 15) is 19.5 Å². The molecule has 37 heavy (non-hydrogen) atoms. The van der Waals surface area contributed by atoms with Gasteiger partial charge in [0.05, 0.1) is 11.4 Å². The first-order valence-electron chi connectivity index (χ1n) is 11.2. The fourth-order valence-electron chi connectivity index (χ4n) is 3.83. The quantitative estimate of drug-likeness (QED) is 0.255. The number of aliphatic carboxylic acids is 1. The molecule has 9 heteroatoms. The largest absolute Gasteiger partial charge is 0.479 e. The topological polar surface area (TPSA) is 104 Å². The van der Waals surface area contributed by atoms with Crippen LogP contribution in [0, 0.1) is 0 Å². The van der Waals surface area contributed by atoms with Crippen LogP contribution in [0.2, 0.25) is 5.02 Å². The lowest BCUT2D eigenvalue weighted by Crippen LogP contribution is -2.27. The SMILES string of the molecule is CC(=O)N(Cc1cccc(-c2sc(C(=O)O)c(OCC(=O)O)c2Cl)c1)c1ccc(-c2ccccc2)cc1. The second-order valence-electron chi connectivity index (χ2n) is 8.11. The van der Waals surface area contributed by atoms with Gasteiger partial charge in [0.1, 0.15) is 5.02 Å². The molecule has 0 aliphatic heterocycles. The van der Waals surface area contributed by atoms with E-state index < -0.39 is 18.5 Å². The van der Waals surface area contributed by atoms with Gasteiger partial charge in [-0.15, -0.1) is 11.3 Å². The van der Waals surface area contributed by atoms with Gasteiger partial charge in [-0.05, 0) is 40.5 Å². The van der Waals surface area contributed by atoms with Gasteiger partial charge in [0, 0.05) is 12.6 Å². The maximum Gasteiger partial charge on any atom is 0.349 e. The molecule has 7 nitrogen and oxygen atoms in total. The monoisotopic (exact) mass is 535 g/mol. The first-order chi connectivity index (χ1) is 17.7. The molecule has 188 valence electrons. The number of carbonyl (C=O) groups excluding carboxylic acids is 1. The van der Waals surface area contributed by atoms with Crippen molar-refractivity contribution >= 4 is 46.5 Å². The molecular formula is C28H22ClNO6S. The molecule has 2 N–H and O–H groups in total. The number of nitrogens with zero attached hydrogens (tertiary/aromatic N) is 1. The molecule has 0 aliphatic rings. The molecule has 4 aromatic rings. The number of amides is 1. The number of thiophene rings is 1. The molecule has 1 amide bonds. The van der Waals surface area contributed by atoms with Crippen molar-refractivity contribution in [3.63, 3.8) is 0 Å². The maximum atomic E-state index is 12.5. The van der Waals surface area contributed by atoms with Crippen LogP contribution in [0.4, 0.5) is 5.69 Å². The number of benzene rings is 3. The Labute approximate surface area is 222 Å². The predicted molar refractivity (Wildman–Crippen MR) is 144 cm³/mol. The highest BCUT2D eigenvalue weighted by Crippen LogP contribution is 2.45. The number of aromatic carboxylic acids is 1. The summed E-state index contributed by atoms with van der Waals surface area (Å²) in [6.07, 6.45) is 0. The molecule has 0 fully saturated rings. The number of carbonyl (C=O) groups is 3. The van der Waals surface area contributed by atoms with Crippen LogP contribution in [0.15, 0.2) is 78.9 Å². The van der Waals surface area contributed by atoms with Gasteiger partial charge < -0.3 is 19.8 Å². The average Bonchev–Trinajstić information content (AvgIpc) is 3.23. The molecular weight excluding hydrogens is 514 g/mol. The lowest BCUT2D eigenvalue weighted by Gasteiger charge is -2.22. The number of carboxylic acids is 2. The summed E-state index contributed by atoms with van der Waals surface area (Å²) < 4.78 is 5.16. The molecule has 1 heterocycles. The number of anilines is 1. The number of hydrogen-bond donors (Lipinski definition) is 2. The minimum atomic E-state index is -1.27. The summed E-state index contributed by atoms with van der Waals surface area (Å²) in [4.78, 5) is 37.0. The number of hydrogen-bond acceptors (Lipinski definition) is 5. The van der Waals surface area contributed by atoms with Crippen molar-refractivity contribution in [1.82, 2.24) is 0 Å². The summed E-state index contributed by atoms with van der Waals surface area (Å²) in [6, 6.07) is 24.9. The van der Waals surface area contributed by atoms with Gasteiger partial charge in [-0.1, -0.05) is 72.3 Å². The molecule has 0 bridgehead atoms. The zero-order chi connectivity index (χ0) is 26.5. The van der Waals surface area contributed by atoms with Crippen LogP contribution in [0.3, 0.4) is 0 Å². The molecule has 0 atom stereocenters. The third-order valence-electron chi connectivity index (χ3n) is 5.54. The van der Waals surface area contributed by atoms with E-state index in [0.29, 0.717) is 10.4 Å². The molecule has 3 aromatic carbocycles. The smallest absolute Gasteiger partial charge is 0.349 e. The summed E-state index contributed by atoms with van der Waals surface area (Å²) in [5.41, 5.74) is 4.29. The van der Waals surface area contributed by atoms with Crippen molar-refractivity contribution in [2.24, 2.45) is 0 Å². The highest BCUT2D eigenvalue weighted by atomic mass is 35.5. The van der Waals surface area contributed by atoms with Gasteiger partial charge in [0.15, 0.2) is 17.2 Å². The third-order valence-corrected chi connectivity index (χ3v) is 7.22. The first kappa shape index (κ1) is 25.9. The number of carboxylic acid groups (broad SMARTS) is 2. The summed E-state index contributed by atoms with van der Waals surface area (Å²) in [6.45, 7) is 1.06. The summed E-state index contributed by atoms with van der Waals surface area (Å²) >= 11 is 7.32. The average molecular weight is 536 g/mol. The Morgan fingerprint density at radius 1 is 0.892 bits per heavy atom. The van der Waals surface area contributed by atoms with Crippen LogP contribution in [-0.4, -0.2) is 34.7 Å². The van der Waals surface area contributed by atoms with Crippen LogP contribution in [0.1, 0.15) is 22.2 Å². The fourth-order valence-corrected chi connectivity index (χ4v) is 5.23. The fraction of sp³-hybridized carbons (Fsp3) is 0.107. The second-order valence-corrected chi connectivity index (χ2v) is 9.51. The lowest BCUT2D eigenvalue weighted by atomic mass is 10.0. The second kappa shape index (κ2) is 11.3. The normalized spacial score (nSPS) is 10.6. The van der Waals surface area contributed by atoms with Gasteiger partial charge >= 0.3 is 11.9 Å². The summed E-state index contributed by atoms with van der Waals surface area (Å²) in [5, 5.41) is 18.5. The van der Waals surface area contributed by atoms with Crippen LogP contribution in [0.5, 0.6) is 5.75 Å². The Morgan fingerprint density at radius 3 is 2.16 bits per heavy atom. The zero-order valence-corrected chi connectivity index (χ0v) is 21.3. The summed E-state index contributed by atoms with van der Waals surface area (Å²) in [7, 11) is 0. The van der Waals surface area contributed by atoms with Crippen molar-refractivity contribution < 1.29 is 29.3 Å². The van der Waals surface area contributed by atoms with Crippen molar-refractivity contribution in [2.75, 3.05) is 11.5 Å². The Morgan fingerprint density at radius 2 is 1.54 bits per heavy atom. The van der Waals surface area contributed by atoms with E-state index in [1.54, 1.807) is 17.0 Å². The Balaban J connectivity index is 1.62. The Bertz CT molecular complexity index is 1450. The van der Waals surface area contributed by atoms with E-state index in [1.165, 1.54) is 6.92 Å². The van der Waals surface area contributed by atoms with E-state index in [-0.39, 0.29) is 28.1 Å². The van der Waals surface area contributed by atoms with E-state index in [1.807, 2.05) is 66.7 Å². The van der Waals surface area contributed by atoms with Gasteiger partial charge in [-0.25, -0.2) is 9.59 Å². The molecule has 4 rings (SSSR count). The lowest BCUT2D eigenvalue weighted by molar-refractivity contribution is -0.139. The zero-order valence-electron chi connectivity index (χ0n) is 19.7. The third kappa shape index (κ3) is 5.99. The predicted octanol–water partition coefficient (Wildman–Crippen LogP) is 6.45. The van der Waals surface area contributed by atoms with E-state index in [0.717, 1.165) is 33.7 Å². The molecule has 1 aromatic heterocycles. The number of ether oxygens (including phenoxy) is 1. The Kier molecular flexibility index (Phi) is 7.91. The van der Waals surface area contributed by atoms with Crippen LogP contribution in [0.25, 0.3) is 21.6 Å². The van der Waals surface area contributed by atoms with Crippen molar-refractivity contribution in [3.05, 3.63) is 94.3 Å². The molecule has 0 saturated heterocycles. The molecule has 0 saturated carbocycles. The van der Waals surface area contributed by atoms with Crippen molar-refractivity contribution in [3.8, 4) is 27.3 Å². The van der Waals surface area contributed by atoms with Crippen molar-refractivity contribution in [2.45, 2.75) is 13.5 Å². The molecule has 0 spiro atoms. The first-order valence-corrected chi connectivity index (χ1v) is 12.4. The van der Waals surface area contributed by atoms with Crippen molar-refractivity contribution in [1.29, 1.82) is 0 Å². The minimum Gasteiger partial charge on any atom is -0.479 e. The van der Waals surface area contributed by atoms with E-state index in [4.69, 9.17) is 21.4 Å². The minimum absolute atomic E-state index is 0.0284. The van der Waals surface area contributed by atoms with Crippen LogP contribution in [-0.2, 0) is 16.1 Å². The standard InChI is InChI=1S/C28H22ClNO6S/c1-17(31)30(22-12-10-20(11-13-22)19-7-3-2-4-8-19)15-18-6-5-9-21(14-18)26-24(29)25(36-16-23(32)33)27(37-26)28(34)35/h2-14H,15-16H2,1H3,(H,32,33)(H,34,35). The van der Waals surface area contributed by atoms with Gasteiger partial charge in [-0.2, -0.15) is 0 Å². The van der Waals surface area contributed by atoms with E-state index >= 15 is 0 Å². The van der Waals surface area contributed by atoms with Gasteiger partial charge in [0.2, 0.25) is 5.91 Å². The summed E-state index contributed by atoms with van der Waals surface area (Å²) in [5.74, 6) is -2.82. The highest BCUT2D eigenvalue weighted by molar-refractivity contribution is 7.18. The molecule has 0 radical (unpaired) electrons. The number of rotatable bonds is 9. The van der Waals surface area contributed by atoms with Crippen LogP contribution < -0.4 is 9.64 Å². The maximum absolute atomic E-state index is 12.5. The molecule has 0 unspecified atom stereocenters. The highest BCUT2D eigenvalue weighted by Gasteiger charge is 2.25. The van der Waals surface area contributed by atoms with E-state index in [2.05, 4.69) is 0 Å². The van der Waals surface area contributed by atoms with Gasteiger partial charge in [0.25, 0.3) is 0 Å². The number of halogens is 1. The van der Waals surface area contributed by atoms with Gasteiger partial charge in [-0.3, -0.25) is 4.79 Å². The molecule has 0 aliphatic carbocycles. The van der Waals surface area contributed by atoms with Crippen LogP contribution >= 0.6 is 22.9 Å².